The highest BCUT2D eigenvalue weighted by Crippen LogP contribution is 2.20. The number of nitrogens with one attached hydrogen (secondary N) is 1. The van der Waals surface area contributed by atoms with Gasteiger partial charge in [0.15, 0.2) is 0 Å². The summed E-state index contributed by atoms with van der Waals surface area (Å²) in [5.74, 6) is -0.648. The van der Waals surface area contributed by atoms with Crippen LogP contribution in [-0.4, -0.2) is 28.0 Å². The lowest BCUT2D eigenvalue weighted by Crippen LogP contribution is -2.33. The van der Waals surface area contributed by atoms with Crippen LogP contribution in [0.3, 0.4) is 0 Å². The number of para-hydroxylation sites is 1. The molecule has 0 bridgehead atoms. The van der Waals surface area contributed by atoms with Crippen LogP contribution in [0.2, 0.25) is 0 Å². The molecule has 0 aliphatic heterocycles. The number of rotatable bonds is 5. The summed E-state index contributed by atoms with van der Waals surface area (Å²) in [6.07, 6.45) is -0.814. The average Bonchev–Trinajstić information content (AvgIpc) is 3.02. The molecule has 0 aliphatic rings. The molecule has 1 amide bonds. The number of alkyl halides is 3. The van der Waals surface area contributed by atoms with Gasteiger partial charge in [0.2, 0.25) is 0 Å². The molecule has 0 saturated carbocycles. The summed E-state index contributed by atoms with van der Waals surface area (Å²) in [6, 6.07) is 9.98. The van der Waals surface area contributed by atoms with Gasteiger partial charge in [0.1, 0.15) is 24.5 Å². The van der Waals surface area contributed by atoms with Crippen LogP contribution in [0, 0.1) is 6.92 Å². The number of amides is 1. The molecule has 0 atom stereocenters. The second kappa shape index (κ2) is 7.07. The van der Waals surface area contributed by atoms with Crippen molar-refractivity contribution in [1.29, 1.82) is 0 Å². The highest BCUT2D eigenvalue weighted by atomic mass is 19.4. The predicted molar refractivity (Wildman–Crippen MR) is 89.1 cm³/mol. The molecule has 0 aliphatic carbocycles. The molecule has 8 heteroatoms. The number of halogens is 3. The van der Waals surface area contributed by atoms with Gasteiger partial charge in [0.05, 0.1) is 11.3 Å². The van der Waals surface area contributed by atoms with Crippen molar-refractivity contribution in [2.45, 2.75) is 19.7 Å². The Kier molecular flexibility index (Phi) is 4.83. The van der Waals surface area contributed by atoms with Crippen LogP contribution in [0.4, 0.5) is 13.2 Å². The molecule has 0 spiro atoms. The van der Waals surface area contributed by atoms with E-state index in [-0.39, 0.29) is 17.9 Å². The van der Waals surface area contributed by atoms with Crippen LogP contribution in [0.1, 0.15) is 21.6 Å². The minimum Gasteiger partial charge on any atom is -0.486 e. The number of imidazole rings is 1. The fourth-order valence-electron chi connectivity index (χ4n) is 2.48. The second-order valence-corrected chi connectivity index (χ2v) is 5.74. The number of pyridine rings is 1. The summed E-state index contributed by atoms with van der Waals surface area (Å²) in [5, 5.41) is 1.84. The van der Waals surface area contributed by atoms with E-state index in [9.17, 15) is 18.0 Å². The molecule has 0 radical (unpaired) electrons. The highest BCUT2D eigenvalue weighted by Gasteiger charge is 2.28. The van der Waals surface area contributed by atoms with Gasteiger partial charge in [-0.1, -0.05) is 18.2 Å². The van der Waals surface area contributed by atoms with Crippen molar-refractivity contribution < 1.29 is 22.7 Å². The summed E-state index contributed by atoms with van der Waals surface area (Å²) < 4.78 is 44.3. The molecule has 1 aromatic carbocycles. The standard InChI is InChI=1S/C18H16F3N3O2/c1-12-5-4-8-24-9-13(23-16(12)24)10-26-15-7-3-2-6-14(15)17(25)22-11-18(19,20)21/h2-9H,10-11H2,1H3,(H,22,25). The molecule has 136 valence electrons. The highest BCUT2D eigenvalue weighted by molar-refractivity contribution is 5.96. The quantitative estimate of drug-likeness (QED) is 0.755. The molecular formula is C18H16F3N3O2. The number of carbonyl (C=O) groups excluding carboxylic acids is 1. The van der Waals surface area contributed by atoms with Crippen molar-refractivity contribution >= 4 is 11.6 Å². The van der Waals surface area contributed by atoms with E-state index in [4.69, 9.17) is 4.74 Å². The third-order valence-corrected chi connectivity index (χ3v) is 3.68. The SMILES string of the molecule is Cc1cccn2cc(COc3ccccc3C(=O)NCC(F)(F)F)nc12. The van der Waals surface area contributed by atoms with Gasteiger partial charge in [-0.05, 0) is 30.7 Å². The Hall–Kier alpha value is -3.03. The van der Waals surface area contributed by atoms with Crippen molar-refractivity contribution in [1.82, 2.24) is 14.7 Å². The lowest BCUT2D eigenvalue weighted by molar-refractivity contribution is -0.123. The number of benzene rings is 1. The number of hydrogen-bond donors (Lipinski definition) is 1. The first-order valence-corrected chi connectivity index (χ1v) is 7.83. The van der Waals surface area contributed by atoms with E-state index in [0.29, 0.717) is 5.69 Å². The van der Waals surface area contributed by atoms with Crippen LogP contribution in [0.15, 0.2) is 48.8 Å². The fourth-order valence-corrected chi connectivity index (χ4v) is 2.48. The lowest BCUT2D eigenvalue weighted by Gasteiger charge is -2.12. The number of hydrogen-bond acceptors (Lipinski definition) is 3. The van der Waals surface area contributed by atoms with E-state index in [1.165, 1.54) is 12.1 Å². The summed E-state index contributed by atoms with van der Waals surface area (Å²) in [7, 11) is 0. The van der Waals surface area contributed by atoms with E-state index in [1.807, 2.05) is 35.0 Å². The number of carbonyl (C=O) groups is 1. The first-order chi connectivity index (χ1) is 12.3. The molecule has 2 heterocycles. The average molecular weight is 363 g/mol. The largest absolute Gasteiger partial charge is 0.486 e. The zero-order valence-electron chi connectivity index (χ0n) is 13.9. The predicted octanol–water partition coefficient (Wildman–Crippen LogP) is 3.51. The summed E-state index contributed by atoms with van der Waals surface area (Å²) in [4.78, 5) is 16.5. The van der Waals surface area contributed by atoms with Gasteiger partial charge in [0, 0.05) is 12.4 Å². The smallest absolute Gasteiger partial charge is 0.405 e. The van der Waals surface area contributed by atoms with Gasteiger partial charge in [-0.3, -0.25) is 4.79 Å². The van der Waals surface area contributed by atoms with Gasteiger partial charge in [-0.15, -0.1) is 0 Å². The molecule has 0 unspecified atom stereocenters. The van der Waals surface area contributed by atoms with Crippen molar-refractivity contribution in [3.05, 3.63) is 65.6 Å². The fraction of sp³-hybridized carbons (Fsp3) is 0.222. The normalized spacial score (nSPS) is 11.5. The van der Waals surface area contributed by atoms with Gasteiger partial charge in [-0.2, -0.15) is 13.2 Å². The lowest BCUT2D eigenvalue weighted by atomic mass is 10.2. The maximum absolute atomic E-state index is 12.3. The van der Waals surface area contributed by atoms with Crippen molar-refractivity contribution in [2.75, 3.05) is 6.54 Å². The number of aromatic nitrogens is 2. The first-order valence-electron chi connectivity index (χ1n) is 7.83. The molecular weight excluding hydrogens is 347 g/mol. The van der Waals surface area contributed by atoms with E-state index in [0.717, 1.165) is 11.2 Å². The Morgan fingerprint density at radius 3 is 2.73 bits per heavy atom. The van der Waals surface area contributed by atoms with Gasteiger partial charge >= 0.3 is 6.18 Å². The Labute approximate surface area is 147 Å². The maximum atomic E-state index is 12.3. The Balaban J connectivity index is 1.73. The Bertz CT molecular complexity index is 935. The third-order valence-electron chi connectivity index (χ3n) is 3.68. The van der Waals surface area contributed by atoms with Crippen molar-refractivity contribution in [2.24, 2.45) is 0 Å². The Morgan fingerprint density at radius 1 is 1.23 bits per heavy atom. The number of aryl methyl sites for hydroxylation is 1. The minimum absolute atomic E-state index is 0.0386. The van der Waals surface area contributed by atoms with E-state index in [1.54, 1.807) is 18.3 Å². The molecule has 26 heavy (non-hydrogen) atoms. The van der Waals surface area contributed by atoms with E-state index >= 15 is 0 Å². The van der Waals surface area contributed by atoms with Crippen molar-refractivity contribution in [3.63, 3.8) is 0 Å². The molecule has 3 aromatic rings. The maximum Gasteiger partial charge on any atom is 0.405 e. The molecule has 5 nitrogen and oxygen atoms in total. The summed E-state index contributed by atoms with van der Waals surface area (Å²) >= 11 is 0. The molecule has 0 fully saturated rings. The zero-order valence-corrected chi connectivity index (χ0v) is 13.9. The summed E-state index contributed by atoms with van der Waals surface area (Å²) in [6.45, 7) is 0.629. The van der Waals surface area contributed by atoms with Crippen molar-refractivity contribution in [3.8, 4) is 5.75 Å². The Morgan fingerprint density at radius 2 is 2.00 bits per heavy atom. The second-order valence-electron chi connectivity index (χ2n) is 5.74. The number of fused-ring (bicyclic) bond motifs is 1. The third kappa shape index (κ3) is 4.14. The zero-order chi connectivity index (χ0) is 18.7. The van der Waals surface area contributed by atoms with E-state index in [2.05, 4.69) is 4.98 Å². The van der Waals surface area contributed by atoms with Crippen LogP contribution in [0.25, 0.3) is 5.65 Å². The first kappa shape index (κ1) is 17.8. The van der Waals surface area contributed by atoms with Gasteiger partial charge < -0.3 is 14.5 Å². The van der Waals surface area contributed by atoms with Crippen LogP contribution in [0.5, 0.6) is 5.75 Å². The number of ether oxygens (including phenoxy) is 1. The topological polar surface area (TPSA) is 55.6 Å². The van der Waals surface area contributed by atoms with E-state index < -0.39 is 18.6 Å². The van der Waals surface area contributed by atoms with Crippen LogP contribution >= 0.6 is 0 Å². The molecule has 2 aromatic heterocycles. The molecule has 1 N–H and O–H groups in total. The summed E-state index contributed by atoms with van der Waals surface area (Å²) in [5.41, 5.74) is 2.48. The van der Waals surface area contributed by atoms with Crippen LogP contribution < -0.4 is 10.1 Å². The van der Waals surface area contributed by atoms with Gasteiger partial charge in [0.25, 0.3) is 5.91 Å². The molecule has 0 saturated heterocycles. The minimum atomic E-state index is -4.47. The van der Waals surface area contributed by atoms with Gasteiger partial charge in [-0.25, -0.2) is 4.98 Å². The number of nitrogens with zero attached hydrogens (tertiary/aromatic N) is 2. The van der Waals surface area contributed by atoms with Crippen LogP contribution in [-0.2, 0) is 6.61 Å². The monoisotopic (exact) mass is 363 g/mol. The molecule has 3 rings (SSSR count).